The molecular weight excluding hydrogens is 352 g/mol. The van der Waals surface area contributed by atoms with E-state index in [-0.39, 0.29) is 23.7 Å². The van der Waals surface area contributed by atoms with Crippen molar-refractivity contribution in [3.05, 3.63) is 22.8 Å². The number of amides is 2. The van der Waals surface area contributed by atoms with Crippen molar-refractivity contribution >= 4 is 23.4 Å². The molecule has 1 aromatic heterocycles. The van der Waals surface area contributed by atoms with E-state index in [0.717, 1.165) is 37.9 Å². The number of halogens is 1. The van der Waals surface area contributed by atoms with E-state index in [9.17, 15) is 9.59 Å². The van der Waals surface area contributed by atoms with Gasteiger partial charge in [-0.2, -0.15) is 0 Å². The highest BCUT2D eigenvalue weighted by Gasteiger charge is 2.27. The van der Waals surface area contributed by atoms with Crippen LogP contribution in [0.25, 0.3) is 0 Å². The van der Waals surface area contributed by atoms with Gasteiger partial charge in [-0.25, -0.2) is 9.97 Å². The lowest BCUT2D eigenvalue weighted by molar-refractivity contribution is -0.118. The Balaban J connectivity index is 2.15. The first-order valence-electron chi connectivity index (χ1n) is 9.43. The molecule has 1 atom stereocenters. The van der Waals surface area contributed by atoms with Gasteiger partial charge in [-0.1, -0.05) is 26.2 Å². The van der Waals surface area contributed by atoms with Gasteiger partial charge in [0.15, 0.2) is 0 Å². The lowest BCUT2D eigenvalue weighted by Crippen LogP contribution is -2.49. The molecule has 1 saturated carbocycles. The second-order valence-corrected chi connectivity index (χ2v) is 7.22. The fourth-order valence-electron chi connectivity index (χ4n) is 3.66. The van der Waals surface area contributed by atoms with Gasteiger partial charge in [-0.15, -0.1) is 11.6 Å². The largest absolute Gasteiger partial charge is 0.353 e. The van der Waals surface area contributed by atoms with Crippen LogP contribution in [-0.2, 0) is 11.2 Å². The molecule has 2 amide bonds. The minimum atomic E-state index is -0.218. The van der Waals surface area contributed by atoms with E-state index < -0.39 is 0 Å². The number of nitrogens with one attached hydrogen (secondary N) is 2. The number of hydrogen-bond acceptors (Lipinski definition) is 4. The highest BCUT2D eigenvalue weighted by Crippen LogP contribution is 2.26. The number of aryl methyl sites for hydroxylation is 3. The van der Waals surface area contributed by atoms with Gasteiger partial charge in [0.1, 0.15) is 11.7 Å². The number of rotatable bonds is 7. The Kier molecular flexibility index (Phi) is 7.82. The maximum atomic E-state index is 12.9. The summed E-state index contributed by atoms with van der Waals surface area (Å²) in [6.45, 7) is 6.07. The Bertz CT molecular complexity index is 621. The van der Waals surface area contributed by atoms with Crippen LogP contribution in [0.15, 0.2) is 0 Å². The van der Waals surface area contributed by atoms with E-state index in [1.807, 2.05) is 20.8 Å². The maximum Gasteiger partial charge on any atom is 0.255 e. The summed E-state index contributed by atoms with van der Waals surface area (Å²) in [6, 6.07) is -0.111. The molecule has 0 aromatic carbocycles. The molecule has 0 saturated heterocycles. The summed E-state index contributed by atoms with van der Waals surface area (Å²) in [5.41, 5.74) is 1.92. The zero-order chi connectivity index (χ0) is 19.1. The Morgan fingerprint density at radius 1 is 1.15 bits per heavy atom. The molecule has 1 aliphatic carbocycles. The summed E-state index contributed by atoms with van der Waals surface area (Å²) in [4.78, 5) is 33.3. The van der Waals surface area contributed by atoms with Crippen LogP contribution in [0.4, 0.5) is 0 Å². The molecule has 0 aliphatic heterocycles. The summed E-state index contributed by atoms with van der Waals surface area (Å²) >= 11 is 5.58. The predicted molar refractivity (Wildman–Crippen MR) is 102 cm³/mol. The molecule has 2 N–H and O–H groups in total. The summed E-state index contributed by atoms with van der Waals surface area (Å²) in [5, 5.41) is 5.94. The van der Waals surface area contributed by atoms with E-state index in [2.05, 4.69) is 20.6 Å². The van der Waals surface area contributed by atoms with Gasteiger partial charge in [-0.3, -0.25) is 9.59 Å². The molecule has 1 aromatic rings. The average molecular weight is 381 g/mol. The topological polar surface area (TPSA) is 84.0 Å². The van der Waals surface area contributed by atoms with Crippen LogP contribution in [0.3, 0.4) is 0 Å². The molecule has 26 heavy (non-hydrogen) atoms. The summed E-state index contributed by atoms with van der Waals surface area (Å²) in [6.07, 6.45) is 6.41. The standard InChI is InChI=1S/C19H29ClN4O2/c1-4-16-22-12(2)18(13(3)23-16)19(26)24-15(11-21-17(25)10-20)14-8-6-5-7-9-14/h14-15H,4-11H2,1-3H3,(H,21,25)(H,24,26). The maximum absolute atomic E-state index is 12.9. The minimum Gasteiger partial charge on any atom is -0.353 e. The van der Waals surface area contributed by atoms with Gasteiger partial charge < -0.3 is 10.6 Å². The van der Waals surface area contributed by atoms with Gasteiger partial charge in [0.2, 0.25) is 5.91 Å². The molecule has 7 heteroatoms. The zero-order valence-corrected chi connectivity index (χ0v) is 16.7. The Hall–Kier alpha value is -1.69. The smallest absolute Gasteiger partial charge is 0.255 e. The minimum absolute atomic E-state index is 0.0735. The van der Waals surface area contributed by atoms with Gasteiger partial charge in [0, 0.05) is 19.0 Å². The van der Waals surface area contributed by atoms with Crippen LogP contribution in [0.5, 0.6) is 0 Å². The van der Waals surface area contributed by atoms with Crippen molar-refractivity contribution in [2.45, 2.75) is 65.3 Å². The number of nitrogens with zero attached hydrogens (tertiary/aromatic N) is 2. The van der Waals surface area contributed by atoms with Gasteiger partial charge in [0.05, 0.1) is 17.0 Å². The van der Waals surface area contributed by atoms with Crippen molar-refractivity contribution in [3.8, 4) is 0 Å². The Morgan fingerprint density at radius 2 is 1.77 bits per heavy atom. The summed E-state index contributed by atoms with van der Waals surface area (Å²) < 4.78 is 0. The van der Waals surface area contributed by atoms with Gasteiger partial charge >= 0.3 is 0 Å². The van der Waals surface area contributed by atoms with Crippen LogP contribution in [0.1, 0.15) is 66.6 Å². The molecular formula is C19H29ClN4O2. The van der Waals surface area contributed by atoms with E-state index in [1.54, 1.807) is 0 Å². The third-order valence-electron chi connectivity index (χ3n) is 5.04. The van der Waals surface area contributed by atoms with Gasteiger partial charge in [0.25, 0.3) is 5.91 Å². The first kappa shape index (κ1) is 20.6. The molecule has 0 bridgehead atoms. The number of carbonyl (C=O) groups excluding carboxylic acids is 2. The van der Waals surface area contributed by atoms with Crippen LogP contribution < -0.4 is 10.6 Å². The van der Waals surface area contributed by atoms with E-state index in [4.69, 9.17) is 11.6 Å². The monoisotopic (exact) mass is 380 g/mol. The molecule has 1 aliphatic rings. The van der Waals surface area contributed by atoms with Crippen molar-refractivity contribution in [2.24, 2.45) is 5.92 Å². The second-order valence-electron chi connectivity index (χ2n) is 6.95. The van der Waals surface area contributed by atoms with E-state index in [1.165, 1.54) is 6.42 Å². The van der Waals surface area contributed by atoms with Crippen molar-refractivity contribution in [2.75, 3.05) is 12.4 Å². The first-order valence-corrected chi connectivity index (χ1v) is 9.97. The number of carbonyl (C=O) groups is 2. The molecule has 1 fully saturated rings. The molecule has 144 valence electrons. The lowest BCUT2D eigenvalue weighted by Gasteiger charge is -2.31. The number of alkyl halides is 1. The Morgan fingerprint density at radius 3 is 2.31 bits per heavy atom. The van der Waals surface area contributed by atoms with Crippen LogP contribution in [0.2, 0.25) is 0 Å². The molecule has 1 unspecified atom stereocenters. The normalized spacial score (nSPS) is 16.2. The third kappa shape index (κ3) is 5.40. The van der Waals surface area contributed by atoms with Crippen molar-refractivity contribution in [1.82, 2.24) is 20.6 Å². The van der Waals surface area contributed by atoms with E-state index in [0.29, 0.717) is 29.4 Å². The van der Waals surface area contributed by atoms with E-state index >= 15 is 0 Å². The van der Waals surface area contributed by atoms with Crippen molar-refractivity contribution < 1.29 is 9.59 Å². The zero-order valence-electron chi connectivity index (χ0n) is 15.9. The van der Waals surface area contributed by atoms with Crippen molar-refractivity contribution in [3.63, 3.8) is 0 Å². The molecule has 2 rings (SSSR count). The number of hydrogen-bond donors (Lipinski definition) is 2. The Labute approximate surface area is 160 Å². The molecule has 1 heterocycles. The average Bonchev–Trinajstić information content (AvgIpc) is 2.64. The quantitative estimate of drug-likeness (QED) is 0.712. The first-order chi connectivity index (χ1) is 12.5. The summed E-state index contributed by atoms with van der Waals surface area (Å²) in [5.74, 6) is 0.646. The molecule has 0 radical (unpaired) electrons. The van der Waals surface area contributed by atoms with Crippen molar-refractivity contribution in [1.29, 1.82) is 0 Å². The lowest BCUT2D eigenvalue weighted by atomic mass is 9.83. The fourth-order valence-corrected chi connectivity index (χ4v) is 3.75. The molecule has 0 spiro atoms. The SMILES string of the molecule is CCc1nc(C)c(C(=O)NC(CNC(=O)CCl)C2CCCCC2)c(C)n1. The summed E-state index contributed by atoms with van der Waals surface area (Å²) in [7, 11) is 0. The highest BCUT2D eigenvalue weighted by atomic mass is 35.5. The van der Waals surface area contributed by atoms with Crippen LogP contribution in [-0.4, -0.2) is 40.2 Å². The van der Waals surface area contributed by atoms with Gasteiger partial charge in [-0.05, 0) is 32.6 Å². The fraction of sp³-hybridized carbons (Fsp3) is 0.684. The number of aromatic nitrogens is 2. The highest BCUT2D eigenvalue weighted by molar-refractivity contribution is 6.27. The third-order valence-corrected chi connectivity index (χ3v) is 5.28. The molecule has 6 nitrogen and oxygen atoms in total. The predicted octanol–water partition coefficient (Wildman–Crippen LogP) is 2.69. The van der Waals surface area contributed by atoms with Crippen LogP contribution >= 0.6 is 11.6 Å². The van der Waals surface area contributed by atoms with Crippen LogP contribution in [0, 0.1) is 19.8 Å². The second kappa shape index (κ2) is 9.86.